The number of halogens is 1. The highest BCUT2D eigenvalue weighted by Crippen LogP contribution is 2.30. The van der Waals surface area contributed by atoms with Gasteiger partial charge in [-0.2, -0.15) is 0 Å². The highest BCUT2D eigenvalue weighted by atomic mass is 35.5. The summed E-state index contributed by atoms with van der Waals surface area (Å²) in [6, 6.07) is 23.8. The minimum absolute atomic E-state index is 0.0798. The quantitative estimate of drug-likeness (QED) is 0.411. The lowest BCUT2D eigenvalue weighted by molar-refractivity contribution is -0.133. The van der Waals surface area contributed by atoms with E-state index in [0.717, 1.165) is 35.2 Å². The Morgan fingerprint density at radius 1 is 1.09 bits per heavy atom. The van der Waals surface area contributed by atoms with Crippen LogP contribution >= 0.6 is 11.6 Å². The molecule has 1 aliphatic heterocycles. The number of aliphatic imine (C=N–C) groups is 1. The van der Waals surface area contributed by atoms with Gasteiger partial charge >= 0.3 is 0 Å². The van der Waals surface area contributed by atoms with Gasteiger partial charge in [-0.1, -0.05) is 73.0 Å². The third-order valence-electron chi connectivity index (χ3n) is 6.07. The van der Waals surface area contributed by atoms with E-state index in [-0.39, 0.29) is 11.9 Å². The van der Waals surface area contributed by atoms with Crippen LogP contribution in [-0.4, -0.2) is 34.6 Å². The van der Waals surface area contributed by atoms with Gasteiger partial charge in [-0.3, -0.25) is 14.6 Å². The van der Waals surface area contributed by atoms with Crippen molar-refractivity contribution in [3.05, 3.63) is 100 Å². The maximum Gasteiger partial charge on any atom is 0.245 e. The summed E-state index contributed by atoms with van der Waals surface area (Å²) in [6.07, 6.45) is 1.71. The van der Waals surface area contributed by atoms with E-state index >= 15 is 0 Å². The van der Waals surface area contributed by atoms with Crippen molar-refractivity contribution in [3.63, 3.8) is 0 Å². The first-order chi connectivity index (χ1) is 16.0. The van der Waals surface area contributed by atoms with E-state index in [1.165, 1.54) is 5.56 Å². The molecule has 4 rings (SSSR count). The fourth-order valence-electron chi connectivity index (χ4n) is 4.34. The molecule has 5 heteroatoms. The van der Waals surface area contributed by atoms with Gasteiger partial charge in [-0.05, 0) is 61.9 Å². The molecule has 0 saturated carbocycles. The van der Waals surface area contributed by atoms with Crippen LogP contribution in [0.4, 0.5) is 5.69 Å². The monoisotopic (exact) mass is 459 g/mol. The van der Waals surface area contributed by atoms with Gasteiger partial charge in [0.1, 0.15) is 5.84 Å². The summed E-state index contributed by atoms with van der Waals surface area (Å²) < 4.78 is 0. The van der Waals surface area contributed by atoms with Crippen molar-refractivity contribution in [2.75, 3.05) is 7.05 Å². The van der Waals surface area contributed by atoms with Gasteiger partial charge in [0.25, 0.3) is 0 Å². The highest BCUT2D eigenvalue weighted by molar-refractivity contribution is 6.30. The second-order valence-electron chi connectivity index (χ2n) is 8.70. The molecule has 1 aliphatic rings. The van der Waals surface area contributed by atoms with Crippen molar-refractivity contribution in [3.8, 4) is 0 Å². The number of amidine groups is 1. The van der Waals surface area contributed by atoms with Crippen molar-refractivity contribution in [1.82, 2.24) is 9.80 Å². The van der Waals surface area contributed by atoms with Crippen molar-refractivity contribution < 1.29 is 4.79 Å². The molecule has 0 fully saturated rings. The molecule has 0 radical (unpaired) electrons. The molecule has 0 aromatic heterocycles. The molecular formula is C28H30ClN3O. The van der Waals surface area contributed by atoms with Gasteiger partial charge in [-0.15, -0.1) is 0 Å². The zero-order chi connectivity index (χ0) is 23.4. The number of rotatable bonds is 7. The van der Waals surface area contributed by atoms with Gasteiger partial charge in [-0.25, -0.2) is 4.99 Å². The fourth-order valence-corrected chi connectivity index (χ4v) is 4.46. The number of benzene rings is 3. The lowest BCUT2D eigenvalue weighted by Gasteiger charge is -2.35. The molecule has 170 valence electrons. The molecule has 0 aliphatic carbocycles. The predicted octanol–water partition coefficient (Wildman–Crippen LogP) is 6.37. The third kappa shape index (κ3) is 5.35. The number of likely N-dealkylation sites (N-methyl/N-ethyl adjacent to an activating group) is 1. The molecule has 0 saturated heterocycles. The van der Waals surface area contributed by atoms with Crippen molar-refractivity contribution in [2.24, 2.45) is 4.99 Å². The average molecular weight is 460 g/mol. The van der Waals surface area contributed by atoms with E-state index in [0.29, 0.717) is 23.9 Å². The first-order valence-corrected chi connectivity index (χ1v) is 11.8. The molecule has 1 amide bonds. The maximum absolute atomic E-state index is 14.0. The number of fused-ring (bicyclic) bond motifs is 1. The second kappa shape index (κ2) is 10.3. The molecule has 0 N–H and O–H groups in total. The number of hydrogen-bond acceptors (Lipinski definition) is 3. The standard InChI is InChI=1S/C28H30ClN3O/c1-4-8-26(31(3)18-21-9-6-5-7-10-21)28(33)32-19-23-17-20(2)11-16-25(23)30-27(32)22-12-14-24(29)15-13-22/h5-7,9-17,26H,4,8,18-19H2,1-3H3. The Labute approximate surface area is 201 Å². The summed E-state index contributed by atoms with van der Waals surface area (Å²) in [7, 11) is 2.03. The lowest BCUT2D eigenvalue weighted by atomic mass is 10.0. The van der Waals surface area contributed by atoms with Gasteiger partial charge in [0, 0.05) is 17.1 Å². The molecule has 1 heterocycles. The minimum Gasteiger partial charge on any atom is -0.291 e. The van der Waals surface area contributed by atoms with E-state index in [2.05, 4.69) is 43.0 Å². The summed E-state index contributed by atoms with van der Waals surface area (Å²) in [5.74, 6) is 0.762. The van der Waals surface area contributed by atoms with Gasteiger partial charge in [0.2, 0.25) is 5.91 Å². The van der Waals surface area contributed by atoms with Crippen molar-refractivity contribution >= 4 is 29.0 Å². The molecule has 1 atom stereocenters. The van der Waals surface area contributed by atoms with E-state index in [1.54, 1.807) is 0 Å². The summed E-state index contributed by atoms with van der Waals surface area (Å²) in [5.41, 5.74) is 5.24. The average Bonchev–Trinajstić information content (AvgIpc) is 2.82. The molecule has 1 unspecified atom stereocenters. The van der Waals surface area contributed by atoms with Crippen LogP contribution in [0.5, 0.6) is 0 Å². The largest absolute Gasteiger partial charge is 0.291 e. The fraction of sp³-hybridized carbons (Fsp3) is 0.286. The van der Waals surface area contributed by atoms with E-state index in [4.69, 9.17) is 16.6 Å². The topological polar surface area (TPSA) is 35.9 Å². The number of nitrogens with zero attached hydrogens (tertiary/aromatic N) is 3. The van der Waals surface area contributed by atoms with Crippen LogP contribution < -0.4 is 0 Å². The minimum atomic E-state index is -0.237. The van der Waals surface area contributed by atoms with Crippen LogP contribution in [0.15, 0.2) is 77.8 Å². The molecule has 0 spiro atoms. The van der Waals surface area contributed by atoms with Crippen LogP contribution in [0.1, 0.15) is 42.0 Å². The lowest BCUT2D eigenvalue weighted by Crippen LogP contribution is -2.49. The zero-order valence-corrected chi connectivity index (χ0v) is 20.2. The van der Waals surface area contributed by atoms with Crippen LogP contribution in [-0.2, 0) is 17.9 Å². The van der Waals surface area contributed by atoms with Crippen LogP contribution in [0.25, 0.3) is 0 Å². The van der Waals surface area contributed by atoms with E-state index in [1.807, 2.05) is 60.5 Å². The number of carbonyl (C=O) groups is 1. The Balaban J connectivity index is 1.69. The summed E-state index contributed by atoms with van der Waals surface area (Å²) >= 11 is 6.13. The predicted molar refractivity (Wildman–Crippen MR) is 136 cm³/mol. The first kappa shape index (κ1) is 23.2. The summed E-state index contributed by atoms with van der Waals surface area (Å²) in [4.78, 5) is 23.0. The summed E-state index contributed by atoms with van der Waals surface area (Å²) in [6.45, 7) is 5.42. The Morgan fingerprint density at radius 3 is 2.52 bits per heavy atom. The second-order valence-corrected chi connectivity index (χ2v) is 9.14. The molecular weight excluding hydrogens is 430 g/mol. The Bertz CT molecular complexity index is 1140. The van der Waals surface area contributed by atoms with Gasteiger partial charge < -0.3 is 0 Å². The van der Waals surface area contributed by atoms with Gasteiger partial charge in [0.05, 0.1) is 18.3 Å². The molecule has 4 nitrogen and oxygen atoms in total. The zero-order valence-electron chi connectivity index (χ0n) is 19.5. The maximum atomic E-state index is 14.0. The number of carbonyl (C=O) groups excluding carboxylic acids is 1. The SMILES string of the molecule is CCCC(C(=O)N1Cc2cc(C)ccc2N=C1c1ccc(Cl)cc1)N(C)Cc1ccccc1. The van der Waals surface area contributed by atoms with E-state index < -0.39 is 0 Å². The first-order valence-electron chi connectivity index (χ1n) is 11.5. The van der Waals surface area contributed by atoms with E-state index in [9.17, 15) is 4.79 Å². The number of hydrogen-bond donors (Lipinski definition) is 0. The Morgan fingerprint density at radius 2 is 1.82 bits per heavy atom. The normalized spacial score (nSPS) is 14.1. The molecule has 0 bridgehead atoms. The van der Waals surface area contributed by atoms with Crippen LogP contribution in [0.3, 0.4) is 0 Å². The molecule has 3 aromatic rings. The van der Waals surface area contributed by atoms with Crippen molar-refractivity contribution in [1.29, 1.82) is 0 Å². The third-order valence-corrected chi connectivity index (χ3v) is 6.32. The highest BCUT2D eigenvalue weighted by Gasteiger charge is 2.33. The van der Waals surface area contributed by atoms with Crippen LogP contribution in [0, 0.1) is 6.92 Å². The smallest absolute Gasteiger partial charge is 0.245 e. The van der Waals surface area contributed by atoms with Crippen molar-refractivity contribution in [2.45, 2.75) is 45.8 Å². The summed E-state index contributed by atoms with van der Waals surface area (Å²) in [5, 5.41) is 0.663. The molecule has 3 aromatic carbocycles. The number of amides is 1. The van der Waals surface area contributed by atoms with Gasteiger partial charge in [0.15, 0.2) is 0 Å². The Kier molecular flexibility index (Phi) is 7.26. The Hall–Kier alpha value is -2.95. The molecule has 33 heavy (non-hydrogen) atoms. The number of aryl methyl sites for hydroxylation is 1. The van der Waals surface area contributed by atoms with Crippen LogP contribution in [0.2, 0.25) is 5.02 Å².